The highest BCUT2D eigenvalue weighted by Gasteiger charge is 2.28. The minimum absolute atomic E-state index is 0. The van der Waals surface area contributed by atoms with Crippen molar-refractivity contribution in [2.24, 2.45) is 4.99 Å². The summed E-state index contributed by atoms with van der Waals surface area (Å²) in [6.07, 6.45) is -1.96. The number of benzene rings is 1. The van der Waals surface area contributed by atoms with Gasteiger partial charge >= 0.3 is 0 Å². The number of alkyl halides is 2. The third kappa shape index (κ3) is 8.02. The van der Waals surface area contributed by atoms with E-state index in [0.29, 0.717) is 31.2 Å². The van der Waals surface area contributed by atoms with Crippen molar-refractivity contribution in [2.45, 2.75) is 32.4 Å². The highest BCUT2D eigenvalue weighted by Crippen LogP contribution is 2.15. The molecule has 0 amide bonds. The molecule has 1 aromatic carbocycles. The molecule has 2 N–H and O–H groups in total. The van der Waals surface area contributed by atoms with Gasteiger partial charge in [0.15, 0.2) is 15.8 Å². The fourth-order valence-electron chi connectivity index (χ4n) is 2.49. The van der Waals surface area contributed by atoms with Crippen LogP contribution in [0.2, 0.25) is 0 Å². The summed E-state index contributed by atoms with van der Waals surface area (Å²) in [5, 5.41) is 6.20. The summed E-state index contributed by atoms with van der Waals surface area (Å²) < 4.78 is 52.5. The summed E-state index contributed by atoms with van der Waals surface area (Å²) in [7, 11) is -2.97. The average molecular weight is 503 g/mol. The van der Waals surface area contributed by atoms with E-state index in [-0.39, 0.29) is 41.5 Å². The molecule has 0 bridgehead atoms. The van der Waals surface area contributed by atoms with Crippen molar-refractivity contribution in [3.05, 3.63) is 29.8 Å². The Balaban J connectivity index is 0.00000338. The third-order valence-electron chi connectivity index (χ3n) is 3.61. The van der Waals surface area contributed by atoms with Gasteiger partial charge in [-0.25, -0.2) is 22.2 Å². The third-order valence-corrected chi connectivity index (χ3v) is 5.38. The molecule has 1 saturated heterocycles. The molecule has 1 aliphatic rings. The number of hydrogen-bond acceptors (Lipinski definition) is 4. The maximum absolute atomic E-state index is 12.2. The van der Waals surface area contributed by atoms with E-state index in [9.17, 15) is 17.2 Å². The second kappa shape index (κ2) is 10.9. The second-order valence-corrected chi connectivity index (χ2v) is 8.02. The molecule has 1 heterocycles. The lowest BCUT2D eigenvalue weighted by Gasteiger charge is -2.16. The Bertz CT molecular complexity index is 702. The summed E-state index contributed by atoms with van der Waals surface area (Å²) in [5.74, 6) is 1.19. The first kappa shape index (κ1) is 22.9. The predicted octanol–water partition coefficient (Wildman–Crippen LogP) is 2.19. The molecular formula is C16H24F2IN3O3S. The van der Waals surface area contributed by atoms with Crippen LogP contribution in [0, 0.1) is 0 Å². The first-order valence-corrected chi connectivity index (χ1v) is 9.95. The molecule has 1 aliphatic heterocycles. The van der Waals surface area contributed by atoms with Crippen LogP contribution in [0.1, 0.15) is 18.9 Å². The second-order valence-electron chi connectivity index (χ2n) is 5.79. The van der Waals surface area contributed by atoms with E-state index in [0.717, 1.165) is 5.56 Å². The molecule has 1 unspecified atom stereocenters. The van der Waals surface area contributed by atoms with Gasteiger partial charge in [-0.05, 0) is 31.0 Å². The van der Waals surface area contributed by atoms with Crippen LogP contribution in [-0.2, 0) is 16.4 Å². The predicted molar refractivity (Wildman–Crippen MR) is 108 cm³/mol. The quantitative estimate of drug-likeness (QED) is 0.339. The molecule has 1 fully saturated rings. The van der Waals surface area contributed by atoms with Crippen molar-refractivity contribution in [3.63, 3.8) is 0 Å². The van der Waals surface area contributed by atoms with Gasteiger partial charge in [0.1, 0.15) is 12.4 Å². The van der Waals surface area contributed by atoms with Gasteiger partial charge in [0.2, 0.25) is 0 Å². The first-order chi connectivity index (χ1) is 11.9. The Kier molecular flexibility index (Phi) is 9.55. The molecule has 0 spiro atoms. The number of nitrogens with one attached hydrogen (secondary N) is 2. The molecule has 0 saturated carbocycles. The SMILES string of the molecule is CCNC(=NCc1cccc(OCC(F)F)c1)NC1CCS(=O)(=O)C1.I. The van der Waals surface area contributed by atoms with Gasteiger partial charge in [0.05, 0.1) is 18.1 Å². The largest absolute Gasteiger partial charge is 0.488 e. The zero-order valence-corrected chi connectivity index (χ0v) is 17.6. The lowest BCUT2D eigenvalue weighted by atomic mass is 10.2. The molecule has 0 aromatic heterocycles. The molecule has 2 rings (SSSR count). The van der Waals surface area contributed by atoms with Crippen LogP contribution in [0.3, 0.4) is 0 Å². The molecule has 1 atom stereocenters. The van der Waals surface area contributed by atoms with Crippen LogP contribution in [-0.4, -0.2) is 51.5 Å². The van der Waals surface area contributed by atoms with E-state index in [1.807, 2.05) is 13.0 Å². The van der Waals surface area contributed by atoms with E-state index < -0.39 is 22.9 Å². The highest BCUT2D eigenvalue weighted by molar-refractivity contribution is 14.0. The topological polar surface area (TPSA) is 79.8 Å². The van der Waals surface area contributed by atoms with E-state index in [1.54, 1.807) is 18.2 Å². The van der Waals surface area contributed by atoms with Gasteiger partial charge < -0.3 is 15.4 Å². The molecule has 148 valence electrons. The summed E-state index contributed by atoms with van der Waals surface area (Å²) in [4.78, 5) is 4.43. The van der Waals surface area contributed by atoms with Crippen molar-refractivity contribution >= 4 is 39.8 Å². The van der Waals surface area contributed by atoms with Crippen LogP contribution in [0.25, 0.3) is 0 Å². The van der Waals surface area contributed by atoms with Crippen LogP contribution < -0.4 is 15.4 Å². The Morgan fingerprint density at radius 1 is 1.42 bits per heavy atom. The number of rotatable bonds is 7. The van der Waals surface area contributed by atoms with Crippen LogP contribution in [0.15, 0.2) is 29.3 Å². The standard InChI is InChI=1S/C16H23F2N3O3S.HI/c1-2-19-16(21-13-6-7-25(22,23)11-13)20-9-12-4-3-5-14(8-12)24-10-15(17)18;/h3-5,8,13,15H,2,6-7,9-11H2,1H3,(H2,19,20,21);1H. The Morgan fingerprint density at radius 3 is 2.81 bits per heavy atom. The summed E-state index contributed by atoms with van der Waals surface area (Å²) in [6.45, 7) is 2.23. The average Bonchev–Trinajstić information content (AvgIpc) is 2.90. The van der Waals surface area contributed by atoms with E-state index >= 15 is 0 Å². The van der Waals surface area contributed by atoms with Gasteiger partial charge in [0.25, 0.3) is 6.43 Å². The number of guanidine groups is 1. The number of sulfone groups is 1. The summed E-state index contributed by atoms with van der Waals surface area (Å²) in [6, 6.07) is 6.67. The van der Waals surface area contributed by atoms with Crippen LogP contribution in [0.4, 0.5) is 8.78 Å². The Labute approximate surface area is 169 Å². The summed E-state index contributed by atoms with van der Waals surface area (Å²) >= 11 is 0. The van der Waals surface area contributed by atoms with E-state index in [1.165, 1.54) is 0 Å². The minimum atomic E-state index is -2.97. The van der Waals surface area contributed by atoms with Gasteiger partial charge in [-0.2, -0.15) is 0 Å². The van der Waals surface area contributed by atoms with Crippen molar-refractivity contribution in [2.75, 3.05) is 24.7 Å². The maximum Gasteiger partial charge on any atom is 0.272 e. The fourth-order valence-corrected chi connectivity index (χ4v) is 4.16. The summed E-state index contributed by atoms with van der Waals surface area (Å²) in [5.41, 5.74) is 0.808. The zero-order chi connectivity index (χ0) is 18.3. The lowest BCUT2D eigenvalue weighted by Crippen LogP contribution is -2.44. The van der Waals surface area contributed by atoms with Crippen molar-refractivity contribution < 1.29 is 21.9 Å². The Hall–Kier alpha value is -1.17. The fraction of sp³-hybridized carbons (Fsp3) is 0.562. The number of ether oxygens (including phenoxy) is 1. The van der Waals surface area contributed by atoms with Crippen LogP contribution >= 0.6 is 24.0 Å². The van der Waals surface area contributed by atoms with Gasteiger partial charge in [0, 0.05) is 12.6 Å². The number of aliphatic imine (C=N–C) groups is 1. The molecule has 1 aromatic rings. The van der Waals surface area contributed by atoms with E-state index in [4.69, 9.17) is 4.74 Å². The Morgan fingerprint density at radius 2 is 2.19 bits per heavy atom. The van der Waals surface area contributed by atoms with Gasteiger partial charge in [-0.3, -0.25) is 0 Å². The van der Waals surface area contributed by atoms with Crippen molar-refractivity contribution in [1.29, 1.82) is 0 Å². The highest BCUT2D eigenvalue weighted by atomic mass is 127. The van der Waals surface area contributed by atoms with Crippen molar-refractivity contribution in [1.82, 2.24) is 10.6 Å². The normalized spacial score (nSPS) is 19.1. The maximum atomic E-state index is 12.2. The monoisotopic (exact) mass is 503 g/mol. The lowest BCUT2D eigenvalue weighted by molar-refractivity contribution is 0.0818. The zero-order valence-electron chi connectivity index (χ0n) is 14.5. The molecule has 0 aliphatic carbocycles. The molecule has 10 heteroatoms. The van der Waals surface area contributed by atoms with E-state index in [2.05, 4.69) is 15.6 Å². The number of nitrogens with zero attached hydrogens (tertiary/aromatic N) is 1. The molecule has 26 heavy (non-hydrogen) atoms. The minimum Gasteiger partial charge on any atom is -0.488 e. The smallest absolute Gasteiger partial charge is 0.272 e. The van der Waals surface area contributed by atoms with Gasteiger partial charge in [-0.15, -0.1) is 24.0 Å². The molecule has 6 nitrogen and oxygen atoms in total. The van der Waals surface area contributed by atoms with Gasteiger partial charge in [-0.1, -0.05) is 12.1 Å². The van der Waals surface area contributed by atoms with Crippen LogP contribution in [0.5, 0.6) is 5.75 Å². The molecular weight excluding hydrogens is 479 g/mol. The molecule has 0 radical (unpaired) electrons. The number of hydrogen-bond donors (Lipinski definition) is 2. The number of halogens is 3. The van der Waals surface area contributed by atoms with Crippen molar-refractivity contribution in [3.8, 4) is 5.75 Å². The first-order valence-electron chi connectivity index (χ1n) is 8.13.